The van der Waals surface area contributed by atoms with Gasteiger partial charge in [-0.3, -0.25) is 4.68 Å². The van der Waals surface area contributed by atoms with Gasteiger partial charge < -0.3 is 10.0 Å². The molecule has 20 heavy (non-hydrogen) atoms. The van der Waals surface area contributed by atoms with E-state index in [1.54, 1.807) is 0 Å². The number of rotatable bonds is 4. The Balaban J connectivity index is 2.05. The minimum atomic E-state index is -0.567. The smallest absolute Gasteiger partial charge is 0.0715 e. The highest BCUT2D eigenvalue weighted by Crippen LogP contribution is 2.27. The summed E-state index contributed by atoms with van der Waals surface area (Å²) in [5.74, 6) is 0. The Morgan fingerprint density at radius 2 is 2.10 bits per heavy atom. The van der Waals surface area contributed by atoms with Crippen LogP contribution in [0.15, 0.2) is 6.07 Å². The highest BCUT2D eigenvalue weighted by molar-refractivity contribution is 5.13. The van der Waals surface area contributed by atoms with E-state index in [4.69, 9.17) is 0 Å². The molecule has 0 saturated carbocycles. The van der Waals surface area contributed by atoms with Crippen LogP contribution in [0.25, 0.3) is 0 Å². The molecule has 0 amide bonds. The molecule has 2 rings (SSSR count). The first-order chi connectivity index (χ1) is 9.43. The first-order valence-corrected chi connectivity index (χ1v) is 7.92. The van der Waals surface area contributed by atoms with Gasteiger partial charge in [0.15, 0.2) is 0 Å². The first kappa shape index (κ1) is 15.5. The van der Waals surface area contributed by atoms with Crippen molar-refractivity contribution in [1.29, 1.82) is 0 Å². The first-order valence-electron chi connectivity index (χ1n) is 7.92. The molecule has 1 N–H and O–H groups in total. The van der Waals surface area contributed by atoms with E-state index < -0.39 is 5.60 Å². The molecule has 0 bridgehead atoms. The van der Waals surface area contributed by atoms with Crippen LogP contribution < -0.4 is 0 Å². The second kappa shape index (κ2) is 6.27. The molecule has 0 radical (unpaired) electrons. The van der Waals surface area contributed by atoms with Gasteiger partial charge in [0.25, 0.3) is 0 Å². The van der Waals surface area contributed by atoms with E-state index in [0.29, 0.717) is 6.04 Å². The average Bonchev–Trinajstić information content (AvgIpc) is 2.61. The van der Waals surface area contributed by atoms with Gasteiger partial charge >= 0.3 is 0 Å². The highest BCUT2D eigenvalue weighted by Gasteiger charge is 2.32. The standard InChI is InChI=1S/C16H29N3O/c1-5-14-11-15(18(4)17-14)12-16(20)7-6-9-19(10-8-16)13(2)3/h11,13,20H,5-10,12H2,1-4H3. The largest absolute Gasteiger partial charge is 0.389 e. The van der Waals surface area contributed by atoms with E-state index in [1.807, 2.05) is 11.7 Å². The van der Waals surface area contributed by atoms with E-state index in [9.17, 15) is 5.11 Å². The Morgan fingerprint density at radius 1 is 1.35 bits per heavy atom. The lowest BCUT2D eigenvalue weighted by Crippen LogP contribution is -2.36. The SMILES string of the molecule is CCc1cc(CC2(O)CCCN(C(C)C)CC2)n(C)n1. The minimum absolute atomic E-state index is 0.567. The van der Waals surface area contributed by atoms with Crippen LogP contribution in [-0.2, 0) is 19.9 Å². The Kier molecular flexibility index (Phi) is 4.86. The minimum Gasteiger partial charge on any atom is -0.389 e. The Labute approximate surface area is 122 Å². The van der Waals surface area contributed by atoms with Crippen LogP contribution in [0.4, 0.5) is 0 Å². The maximum absolute atomic E-state index is 10.9. The summed E-state index contributed by atoms with van der Waals surface area (Å²) in [5, 5.41) is 15.4. The second-order valence-electron chi connectivity index (χ2n) is 6.49. The fraction of sp³-hybridized carbons (Fsp3) is 0.812. The van der Waals surface area contributed by atoms with Gasteiger partial charge in [0.1, 0.15) is 0 Å². The molecule has 1 aliphatic rings. The summed E-state index contributed by atoms with van der Waals surface area (Å²) in [6.45, 7) is 8.68. The topological polar surface area (TPSA) is 41.3 Å². The molecule has 1 unspecified atom stereocenters. The fourth-order valence-corrected chi connectivity index (χ4v) is 3.14. The number of aromatic nitrogens is 2. The molecule has 0 aromatic carbocycles. The number of likely N-dealkylation sites (tertiary alicyclic amines) is 1. The van der Waals surface area contributed by atoms with Crippen molar-refractivity contribution in [1.82, 2.24) is 14.7 Å². The van der Waals surface area contributed by atoms with Crippen LogP contribution >= 0.6 is 0 Å². The molecule has 1 saturated heterocycles. The van der Waals surface area contributed by atoms with E-state index in [0.717, 1.165) is 56.6 Å². The van der Waals surface area contributed by atoms with E-state index >= 15 is 0 Å². The zero-order chi connectivity index (χ0) is 14.8. The lowest BCUT2D eigenvalue weighted by molar-refractivity contribution is 0.0232. The van der Waals surface area contributed by atoms with Crippen molar-refractivity contribution < 1.29 is 5.11 Å². The number of aryl methyl sites for hydroxylation is 2. The van der Waals surface area contributed by atoms with Crippen molar-refractivity contribution in [3.63, 3.8) is 0 Å². The molecular weight excluding hydrogens is 250 g/mol. The van der Waals surface area contributed by atoms with Crippen molar-refractivity contribution in [2.75, 3.05) is 13.1 Å². The summed E-state index contributed by atoms with van der Waals surface area (Å²) in [6.07, 6.45) is 4.50. The monoisotopic (exact) mass is 279 g/mol. The summed E-state index contributed by atoms with van der Waals surface area (Å²) in [5.41, 5.74) is 1.70. The van der Waals surface area contributed by atoms with Gasteiger partial charge in [-0.15, -0.1) is 0 Å². The molecule has 4 nitrogen and oxygen atoms in total. The maximum atomic E-state index is 10.9. The zero-order valence-electron chi connectivity index (χ0n) is 13.4. The average molecular weight is 279 g/mol. The molecule has 1 aromatic rings. The zero-order valence-corrected chi connectivity index (χ0v) is 13.4. The van der Waals surface area contributed by atoms with Crippen LogP contribution in [0.5, 0.6) is 0 Å². The van der Waals surface area contributed by atoms with Gasteiger partial charge in [0, 0.05) is 31.7 Å². The van der Waals surface area contributed by atoms with Gasteiger partial charge in [-0.25, -0.2) is 0 Å². The van der Waals surface area contributed by atoms with Crippen molar-refractivity contribution in [2.24, 2.45) is 7.05 Å². The van der Waals surface area contributed by atoms with E-state index in [1.165, 1.54) is 0 Å². The lowest BCUT2D eigenvalue weighted by Gasteiger charge is -2.28. The highest BCUT2D eigenvalue weighted by atomic mass is 16.3. The number of hydrogen-bond acceptors (Lipinski definition) is 3. The van der Waals surface area contributed by atoms with Crippen molar-refractivity contribution in [3.8, 4) is 0 Å². The molecule has 0 aliphatic carbocycles. The van der Waals surface area contributed by atoms with Crippen LogP contribution in [0, 0.1) is 0 Å². The van der Waals surface area contributed by atoms with Gasteiger partial charge in [0.2, 0.25) is 0 Å². The molecule has 1 aromatic heterocycles. The predicted molar refractivity (Wildman–Crippen MR) is 81.8 cm³/mol. The van der Waals surface area contributed by atoms with E-state index in [-0.39, 0.29) is 0 Å². The van der Waals surface area contributed by atoms with Crippen LogP contribution in [0.2, 0.25) is 0 Å². The third-order valence-corrected chi connectivity index (χ3v) is 4.58. The fourth-order valence-electron chi connectivity index (χ4n) is 3.14. The molecule has 2 heterocycles. The molecule has 1 fully saturated rings. The maximum Gasteiger partial charge on any atom is 0.0715 e. The normalized spacial score (nSPS) is 25.1. The molecule has 1 atom stereocenters. The van der Waals surface area contributed by atoms with Crippen LogP contribution in [0.1, 0.15) is 51.4 Å². The van der Waals surface area contributed by atoms with Gasteiger partial charge in [-0.2, -0.15) is 5.10 Å². The molecule has 1 aliphatic heterocycles. The quantitative estimate of drug-likeness (QED) is 0.918. The lowest BCUT2D eigenvalue weighted by atomic mass is 9.89. The number of aliphatic hydroxyl groups is 1. The summed E-state index contributed by atoms with van der Waals surface area (Å²) in [4.78, 5) is 2.47. The van der Waals surface area contributed by atoms with Crippen molar-refractivity contribution >= 4 is 0 Å². The van der Waals surface area contributed by atoms with Crippen LogP contribution in [0.3, 0.4) is 0 Å². The molecular formula is C16H29N3O. The van der Waals surface area contributed by atoms with Crippen molar-refractivity contribution in [3.05, 3.63) is 17.5 Å². The van der Waals surface area contributed by atoms with Gasteiger partial charge in [-0.1, -0.05) is 6.92 Å². The summed E-state index contributed by atoms with van der Waals surface area (Å²) < 4.78 is 1.93. The van der Waals surface area contributed by atoms with E-state index in [2.05, 4.69) is 36.8 Å². The Hall–Kier alpha value is -0.870. The predicted octanol–water partition coefficient (Wildman–Crippen LogP) is 2.15. The summed E-state index contributed by atoms with van der Waals surface area (Å²) in [7, 11) is 1.98. The van der Waals surface area contributed by atoms with Crippen LogP contribution in [-0.4, -0.2) is 44.5 Å². The van der Waals surface area contributed by atoms with Gasteiger partial charge in [-0.05, 0) is 52.1 Å². The second-order valence-corrected chi connectivity index (χ2v) is 6.49. The summed E-state index contributed by atoms with van der Waals surface area (Å²) >= 11 is 0. The third kappa shape index (κ3) is 3.61. The molecule has 4 heteroatoms. The molecule has 114 valence electrons. The number of nitrogens with zero attached hydrogens (tertiary/aromatic N) is 3. The molecule has 0 spiro atoms. The third-order valence-electron chi connectivity index (χ3n) is 4.58. The Bertz CT molecular complexity index is 441. The Morgan fingerprint density at radius 3 is 2.70 bits per heavy atom. The summed E-state index contributed by atoms with van der Waals surface area (Å²) in [6, 6.07) is 2.71. The number of hydrogen-bond donors (Lipinski definition) is 1. The van der Waals surface area contributed by atoms with Crippen molar-refractivity contribution in [2.45, 2.75) is 64.5 Å². The van der Waals surface area contributed by atoms with Gasteiger partial charge in [0.05, 0.1) is 11.3 Å².